The maximum atomic E-state index is 10.6. The Hall–Kier alpha value is -2.24. The van der Waals surface area contributed by atoms with Crippen LogP contribution in [0, 0.1) is 17.0 Å². The van der Waals surface area contributed by atoms with E-state index in [4.69, 9.17) is 5.11 Å². The summed E-state index contributed by atoms with van der Waals surface area (Å²) in [6, 6.07) is 2.15. The molecule has 0 aromatic heterocycles. The van der Waals surface area contributed by atoms with E-state index in [1.807, 2.05) is 0 Å². The molecule has 6 heteroatoms. The maximum absolute atomic E-state index is 10.6. The molecule has 0 amide bonds. The van der Waals surface area contributed by atoms with Crippen LogP contribution in [0.25, 0.3) is 0 Å². The van der Waals surface area contributed by atoms with E-state index in [-0.39, 0.29) is 28.7 Å². The number of hydrogen-bond acceptors (Lipinski definition) is 4. The number of rotatable bonds is 3. The van der Waals surface area contributed by atoms with Crippen molar-refractivity contribution in [3.8, 4) is 0 Å². The van der Waals surface area contributed by atoms with Crippen LogP contribution in [0.2, 0.25) is 0 Å². The molecule has 78 valence electrons. The number of aromatic carboxylic acids is 1. The van der Waals surface area contributed by atoms with Crippen molar-refractivity contribution in [1.82, 2.24) is 0 Å². The Morgan fingerprint density at radius 1 is 1.53 bits per heavy atom. The van der Waals surface area contributed by atoms with E-state index < -0.39 is 10.9 Å². The van der Waals surface area contributed by atoms with Gasteiger partial charge < -0.3 is 5.11 Å². The summed E-state index contributed by atoms with van der Waals surface area (Å²) in [5.41, 5.74) is -0.561. The number of carbonyl (C=O) groups excluding carboxylic acids is 1. The summed E-state index contributed by atoms with van der Waals surface area (Å²) < 4.78 is 0. The predicted molar refractivity (Wildman–Crippen MR) is 50.2 cm³/mol. The van der Waals surface area contributed by atoms with Gasteiger partial charge in [-0.1, -0.05) is 0 Å². The Kier molecular flexibility index (Phi) is 2.80. The lowest BCUT2D eigenvalue weighted by molar-refractivity contribution is -0.385. The van der Waals surface area contributed by atoms with Gasteiger partial charge in [-0.05, 0) is 19.1 Å². The second-order valence-corrected chi connectivity index (χ2v) is 2.91. The number of hydrogen-bond donors (Lipinski definition) is 1. The van der Waals surface area contributed by atoms with Crippen LogP contribution in [0.1, 0.15) is 26.3 Å². The minimum Gasteiger partial charge on any atom is -0.478 e. The first-order chi connectivity index (χ1) is 6.97. The topological polar surface area (TPSA) is 97.5 Å². The Morgan fingerprint density at radius 3 is 2.53 bits per heavy atom. The highest BCUT2D eigenvalue weighted by Crippen LogP contribution is 2.23. The molecule has 1 aromatic rings. The van der Waals surface area contributed by atoms with Crippen LogP contribution in [0.4, 0.5) is 5.69 Å². The quantitative estimate of drug-likeness (QED) is 0.461. The van der Waals surface area contributed by atoms with E-state index in [1.54, 1.807) is 0 Å². The third-order valence-electron chi connectivity index (χ3n) is 1.89. The first-order valence-corrected chi connectivity index (χ1v) is 3.95. The molecule has 0 saturated carbocycles. The van der Waals surface area contributed by atoms with Crippen LogP contribution < -0.4 is 0 Å². The zero-order valence-corrected chi connectivity index (χ0v) is 7.76. The van der Waals surface area contributed by atoms with Gasteiger partial charge in [-0.25, -0.2) is 4.79 Å². The second-order valence-electron chi connectivity index (χ2n) is 2.91. The lowest BCUT2D eigenvalue weighted by Gasteiger charge is -2.01. The highest BCUT2D eigenvalue weighted by Gasteiger charge is 2.19. The van der Waals surface area contributed by atoms with Crippen molar-refractivity contribution in [2.75, 3.05) is 0 Å². The summed E-state index contributed by atoms with van der Waals surface area (Å²) >= 11 is 0. The molecule has 1 N–H and O–H groups in total. The van der Waals surface area contributed by atoms with Gasteiger partial charge in [-0.15, -0.1) is 0 Å². The smallest absolute Gasteiger partial charge is 0.335 e. The Labute approximate surface area is 84.3 Å². The first-order valence-electron chi connectivity index (χ1n) is 3.95. The van der Waals surface area contributed by atoms with Gasteiger partial charge in [0.25, 0.3) is 5.69 Å². The molecule has 0 spiro atoms. The molecule has 0 fully saturated rings. The largest absolute Gasteiger partial charge is 0.478 e. The zero-order chi connectivity index (χ0) is 11.6. The molecule has 1 aromatic carbocycles. The summed E-state index contributed by atoms with van der Waals surface area (Å²) in [5.74, 6) is -1.23. The predicted octanol–water partition coefficient (Wildman–Crippen LogP) is 1.41. The minimum atomic E-state index is -1.23. The van der Waals surface area contributed by atoms with Crippen molar-refractivity contribution in [2.45, 2.75) is 6.92 Å². The number of carbonyl (C=O) groups is 2. The molecule has 0 radical (unpaired) electrons. The lowest BCUT2D eigenvalue weighted by Crippen LogP contribution is -2.03. The van der Waals surface area contributed by atoms with Crippen LogP contribution in [-0.4, -0.2) is 22.3 Å². The molecule has 0 saturated heterocycles. The molecule has 0 unspecified atom stereocenters. The zero-order valence-electron chi connectivity index (χ0n) is 7.76. The highest BCUT2D eigenvalue weighted by molar-refractivity contribution is 5.93. The molecule has 0 aliphatic carbocycles. The van der Waals surface area contributed by atoms with Crippen molar-refractivity contribution >= 4 is 17.9 Å². The molecule has 6 nitrogen and oxygen atoms in total. The Bertz CT molecular complexity index is 452. The number of carboxylic acid groups (broad SMARTS) is 1. The van der Waals surface area contributed by atoms with Gasteiger partial charge in [0.2, 0.25) is 0 Å². The van der Waals surface area contributed by atoms with Crippen molar-refractivity contribution < 1.29 is 19.6 Å². The first kappa shape index (κ1) is 10.8. The van der Waals surface area contributed by atoms with E-state index in [0.717, 1.165) is 12.1 Å². The molecule has 1 rings (SSSR count). The van der Waals surface area contributed by atoms with E-state index in [9.17, 15) is 19.7 Å². The summed E-state index contributed by atoms with van der Waals surface area (Å²) in [4.78, 5) is 31.1. The van der Waals surface area contributed by atoms with E-state index >= 15 is 0 Å². The highest BCUT2D eigenvalue weighted by atomic mass is 16.6. The van der Waals surface area contributed by atoms with E-state index in [2.05, 4.69) is 0 Å². The van der Waals surface area contributed by atoms with Gasteiger partial charge >= 0.3 is 5.97 Å². The van der Waals surface area contributed by atoms with Crippen LogP contribution in [0.15, 0.2) is 12.1 Å². The number of nitro benzene ring substituents is 1. The summed E-state index contributed by atoms with van der Waals surface area (Å²) in [5, 5.41) is 19.3. The summed E-state index contributed by atoms with van der Waals surface area (Å²) in [6.45, 7) is 1.39. The molecule has 0 aliphatic rings. The average molecular weight is 209 g/mol. The van der Waals surface area contributed by atoms with Crippen LogP contribution >= 0.6 is 0 Å². The fourth-order valence-corrected chi connectivity index (χ4v) is 1.27. The summed E-state index contributed by atoms with van der Waals surface area (Å²) in [7, 11) is 0. The van der Waals surface area contributed by atoms with Crippen molar-refractivity contribution in [3.63, 3.8) is 0 Å². The third-order valence-corrected chi connectivity index (χ3v) is 1.89. The monoisotopic (exact) mass is 209 g/mol. The molecule has 0 bridgehead atoms. The Balaban J connectivity index is 3.50. The molecular formula is C9H7NO5. The summed E-state index contributed by atoms with van der Waals surface area (Å²) in [6.07, 6.45) is 0.275. The van der Waals surface area contributed by atoms with Crippen LogP contribution in [-0.2, 0) is 0 Å². The van der Waals surface area contributed by atoms with Crippen molar-refractivity contribution in [1.29, 1.82) is 0 Å². The number of carboxylic acids is 1. The van der Waals surface area contributed by atoms with Crippen molar-refractivity contribution in [3.05, 3.63) is 38.9 Å². The number of nitro groups is 1. The Morgan fingerprint density at radius 2 is 2.13 bits per heavy atom. The third kappa shape index (κ3) is 1.98. The van der Waals surface area contributed by atoms with Gasteiger partial charge in [0, 0.05) is 5.56 Å². The maximum Gasteiger partial charge on any atom is 0.335 e. The SMILES string of the molecule is Cc1cc(C(=O)O)cc(C=O)c1[N+](=O)[O-]. The fourth-order valence-electron chi connectivity index (χ4n) is 1.27. The van der Waals surface area contributed by atoms with Gasteiger partial charge in [-0.2, -0.15) is 0 Å². The van der Waals surface area contributed by atoms with E-state index in [0.29, 0.717) is 0 Å². The minimum absolute atomic E-state index is 0.139. The van der Waals surface area contributed by atoms with E-state index in [1.165, 1.54) is 6.92 Å². The molecular weight excluding hydrogens is 202 g/mol. The molecule has 0 heterocycles. The number of aldehydes is 1. The van der Waals surface area contributed by atoms with Crippen molar-refractivity contribution in [2.24, 2.45) is 0 Å². The number of nitrogens with zero attached hydrogens (tertiary/aromatic N) is 1. The van der Waals surface area contributed by atoms with Gasteiger partial charge in [0.1, 0.15) is 0 Å². The van der Waals surface area contributed by atoms with Gasteiger partial charge in [-0.3, -0.25) is 14.9 Å². The molecule has 0 atom stereocenters. The number of aryl methyl sites for hydroxylation is 1. The average Bonchev–Trinajstić information content (AvgIpc) is 2.15. The molecule has 15 heavy (non-hydrogen) atoms. The van der Waals surface area contributed by atoms with Gasteiger partial charge in [0.05, 0.1) is 16.1 Å². The fraction of sp³-hybridized carbons (Fsp3) is 0.111. The lowest BCUT2D eigenvalue weighted by atomic mass is 10.0. The van der Waals surface area contributed by atoms with Crippen LogP contribution in [0.3, 0.4) is 0 Å². The molecule has 0 aliphatic heterocycles. The van der Waals surface area contributed by atoms with Gasteiger partial charge in [0.15, 0.2) is 6.29 Å². The normalized spacial score (nSPS) is 9.67. The second kappa shape index (κ2) is 3.87. The number of benzene rings is 1. The standard InChI is InChI=1S/C9H7NO5/c1-5-2-6(9(12)13)3-7(4-11)8(5)10(14)15/h2-4H,1H3,(H,12,13). The van der Waals surface area contributed by atoms with Crippen LogP contribution in [0.5, 0.6) is 0 Å².